The number of ketones is 1. The van der Waals surface area contributed by atoms with Gasteiger partial charge in [0, 0.05) is 11.7 Å². The lowest BCUT2D eigenvalue weighted by Gasteiger charge is -2.28. The SMILES string of the molecule is BB(O)CC(=O)C(C)(CCCC)CCCCC. The Morgan fingerprint density at radius 1 is 1.18 bits per heavy atom. The molecule has 0 amide bonds. The molecule has 1 unspecified atom stereocenters. The molecule has 0 radical (unpaired) electrons. The number of rotatable bonds is 10. The largest absolute Gasteiger partial charge is 0.458 e. The number of Topliss-reactive ketones (excluding diaryl/α,β-unsaturated/α-hetero) is 1. The Morgan fingerprint density at radius 2 is 1.71 bits per heavy atom. The molecule has 4 heteroatoms. The van der Waals surface area contributed by atoms with Gasteiger partial charge in [0.2, 0.25) is 6.81 Å². The first-order chi connectivity index (χ1) is 7.96. The second kappa shape index (κ2) is 8.79. The third-order valence-electron chi connectivity index (χ3n) is 3.57. The highest BCUT2D eigenvalue weighted by atomic mass is 16.2. The molecule has 1 atom stereocenters. The van der Waals surface area contributed by atoms with Crippen LogP contribution in [0.5, 0.6) is 0 Å². The van der Waals surface area contributed by atoms with E-state index in [0.29, 0.717) is 6.32 Å². The molecule has 0 heterocycles. The Balaban J connectivity index is 4.40. The standard InChI is InChI=1S/C13H28B2O2/c1-4-6-8-10-13(3,9-7-5-2)12(16)11-15(14)17/h17H,4-11,14H2,1-3H3. The first kappa shape index (κ1) is 16.8. The van der Waals surface area contributed by atoms with Gasteiger partial charge in [0.1, 0.15) is 13.5 Å². The highest BCUT2D eigenvalue weighted by Crippen LogP contribution is 2.33. The fourth-order valence-electron chi connectivity index (χ4n) is 2.25. The zero-order valence-corrected chi connectivity index (χ0v) is 12.1. The van der Waals surface area contributed by atoms with Gasteiger partial charge in [-0.1, -0.05) is 52.9 Å². The van der Waals surface area contributed by atoms with E-state index in [4.69, 9.17) is 0 Å². The summed E-state index contributed by atoms with van der Waals surface area (Å²) in [6, 6.07) is 0. The van der Waals surface area contributed by atoms with Gasteiger partial charge in [0.25, 0.3) is 0 Å². The molecule has 0 aliphatic carbocycles. The van der Waals surface area contributed by atoms with Crippen molar-refractivity contribution in [1.29, 1.82) is 0 Å². The predicted molar refractivity (Wildman–Crippen MR) is 78.1 cm³/mol. The Bertz CT molecular complexity index is 219. The molecule has 0 saturated heterocycles. The van der Waals surface area contributed by atoms with Crippen molar-refractivity contribution in [2.45, 2.75) is 72.0 Å². The summed E-state index contributed by atoms with van der Waals surface area (Å²) in [7, 11) is 1.70. The van der Waals surface area contributed by atoms with E-state index >= 15 is 0 Å². The minimum atomic E-state index is -0.505. The summed E-state index contributed by atoms with van der Waals surface area (Å²) in [5.74, 6) is 0.247. The fraction of sp³-hybridized carbons (Fsp3) is 0.923. The molecule has 1 N–H and O–H groups in total. The van der Waals surface area contributed by atoms with Crippen LogP contribution in [0.4, 0.5) is 0 Å². The molecule has 0 aromatic rings. The Labute approximate surface area is 108 Å². The minimum absolute atomic E-state index is 0.206. The molecule has 0 rings (SSSR count). The first-order valence-electron chi connectivity index (χ1n) is 7.17. The summed E-state index contributed by atoms with van der Waals surface area (Å²) in [5, 5.41) is 9.36. The van der Waals surface area contributed by atoms with Gasteiger partial charge in [-0.3, -0.25) is 4.79 Å². The summed E-state index contributed by atoms with van der Waals surface area (Å²) < 4.78 is 0. The van der Waals surface area contributed by atoms with E-state index < -0.39 is 6.81 Å². The van der Waals surface area contributed by atoms with E-state index in [-0.39, 0.29) is 11.2 Å². The molecule has 2 nitrogen and oxygen atoms in total. The van der Waals surface area contributed by atoms with Crippen molar-refractivity contribution < 1.29 is 9.82 Å². The van der Waals surface area contributed by atoms with Gasteiger partial charge in [-0.15, -0.1) is 0 Å². The van der Waals surface area contributed by atoms with Gasteiger partial charge in [0.15, 0.2) is 0 Å². The Kier molecular flexibility index (Phi) is 8.67. The smallest absolute Gasteiger partial charge is 0.249 e. The van der Waals surface area contributed by atoms with Crippen molar-refractivity contribution >= 4 is 20.3 Å². The zero-order valence-electron chi connectivity index (χ0n) is 12.1. The third-order valence-corrected chi connectivity index (χ3v) is 3.57. The molecule has 0 saturated carbocycles. The summed E-state index contributed by atoms with van der Waals surface area (Å²) >= 11 is 0. The summed E-state index contributed by atoms with van der Waals surface area (Å²) in [6.45, 7) is 5.92. The maximum atomic E-state index is 12.2. The first-order valence-corrected chi connectivity index (χ1v) is 7.17. The van der Waals surface area contributed by atoms with Crippen LogP contribution in [0.1, 0.15) is 65.7 Å². The minimum Gasteiger partial charge on any atom is -0.458 e. The number of hydrogen-bond donors (Lipinski definition) is 1. The molecular weight excluding hydrogens is 210 g/mol. The molecule has 0 spiro atoms. The molecular formula is C13H28B2O2. The summed E-state index contributed by atoms with van der Waals surface area (Å²) in [6.07, 6.45) is 8.01. The van der Waals surface area contributed by atoms with Crippen LogP contribution >= 0.6 is 0 Å². The van der Waals surface area contributed by atoms with Crippen molar-refractivity contribution in [3.8, 4) is 0 Å². The monoisotopic (exact) mass is 238 g/mol. The highest BCUT2D eigenvalue weighted by Gasteiger charge is 2.32. The van der Waals surface area contributed by atoms with Crippen LogP contribution in [-0.2, 0) is 4.79 Å². The van der Waals surface area contributed by atoms with E-state index in [9.17, 15) is 9.82 Å². The van der Waals surface area contributed by atoms with Crippen LogP contribution in [0.2, 0.25) is 6.32 Å². The lowest BCUT2D eigenvalue weighted by Crippen LogP contribution is -2.32. The van der Waals surface area contributed by atoms with Crippen LogP contribution in [0.3, 0.4) is 0 Å². The fourth-order valence-corrected chi connectivity index (χ4v) is 2.25. The van der Waals surface area contributed by atoms with Crippen LogP contribution in [0, 0.1) is 5.41 Å². The van der Waals surface area contributed by atoms with Crippen molar-refractivity contribution in [2.24, 2.45) is 5.41 Å². The maximum Gasteiger partial charge on any atom is 0.249 e. The second-order valence-corrected chi connectivity index (χ2v) is 5.60. The molecule has 0 aromatic carbocycles. The van der Waals surface area contributed by atoms with E-state index in [0.717, 1.165) is 32.1 Å². The van der Waals surface area contributed by atoms with Crippen LogP contribution < -0.4 is 0 Å². The molecule has 0 aliphatic heterocycles. The molecule has 0 aliphatic rings. The van der Waals surface area contributed by atoms with Gasteiger partial charge in [-0.05, 0) is 12.8 Å². The highest BCUT2D eigenvalue weighted by molar-refractivity contribution is 6.99. The van der Waals surface area contributed by atoms with Crippen molar-refractivity contribution in [3.63, 3.8) is 0 Å². The normalized spacial score (nSPS) is 14.4. The average molecular weight is 238 g/mol. The maximum absolute atomic E-state index is 12.2. The average Bonchev–Trinajstić information content (AvgIpc) is 2.26. The van der Waals surface area contributed by atoms with Gasteiger partial charge < -0.3 is 5.02 Å². The van der Waals surface area contributed by atoms with Gasteiger partial charge in [-0.25, -0.2) is 0 Å². The van der Waals surface area contributed by atoms with E-state index in [2.05, 4.69) is 20.8 Å². The molecule has 0 aromatic heterocycles. The number of carbonyl (C=O) groups is 1. The lowest BCUT2D eigenvalue weighted by atomic mass is 9.43. The second-order valence-electron chi connectivity index (χ2n) is 5.60. The number of hydrogen-bond acceptors (Lipinski definition) is 2. The van der Waals surface area contributed by atoms with Gasteiger partial charge in [-0.2, -0.15) is 0 Å². The van der Waals surface area contributed by atoms with Crippen molar-refractivity contribution in [3.05, 3.63) is 0 Å². The molecule has 17 heavy (non-hydrogen) atoms. The van der Waals surface area contributed by atoms with Crippen LogP contribution in [0.15, 0.2) is 0 Å². The third kappa shape index (κ3) is 6.92. The van der Waals surface area contributed by atoms with Gasteiger partial charge in [0.05, 0.1) is 0 Å². The molecule has 0 fully saturated rings. The van der Waals surface area contributed by atoms with Gasteiger partial charge >= 0.3 is 0 Å². The van der Waals surface area contributed by atoms with E-state index in [1.54, 1.807) is 7.74 Å². The van der Waals surface area contributed by atoms with E-state index in [1.807, 2.05) is 0 Å². The summed E-state index contributed by atoms with van der Waals surface area (Å²) in [5.41, 5.74) is -0.206. The lowest BCUT2D eigenvalue weighted by molar-refractivity contribution is -0.126. The number of carbonyl (C=O) groups excluding carboxylic acids is 1. The van der Waals surface area contributed by atoms with E-state index in [1.165, 1.54) is 12.8 Å². The quantitative estimate of drug-likeness (QED) is 0.468. The molecule has 98 valence electrons. The summed E-state index contributed by atoms with van der Waals surface area (Å²) in [4.78, 5) is 12.2. The van der Waals surface area contributed by atoms with Crippen molar-refractivity contribution in [1.82, 2.24) is 0 Å². The zero-order chi connectivity index (χ0) is 13.3. The Hall–Kier alpha value is -0.240. The van der Waals surface area contributed by atoms with Crippen LogP contribution in [-0.4, -0.2) is 25.4 Å². The predicted octanol–water partition coefficient (Wildman–Crippen LogP) is 2.45. The Morgan fingerprint density at radius 3 is 2.18 bits per heavy atom. The number of unbranched alkanes of at least 4 members (excludes halogenated alkanes) is 3. The molecule has 0 bridgehead atoms. The topological polar surface area (TPSA) is 37.3 Å². The van der Waals surface area contributed by atoms with Crippen LogP contribution in [0.25, 0.3) is 0 Å². The van der Waals surface area contributed by atoms with Crippen molar-refractivity contribution in [2.75, 3.05) is 0 Å².